The minimum absolute atomic E-state index is 0.0628. The molecule has 84 valence electrons. The number of halogens is 1. The van der Waals surface area contributed by atoms with E-state index >= 15 is 0 Å². The van der Waals surface area contributed by atoms with Gasteiger partial charge in [-0.15, -0.1) is 0 Å². The number of primary amides is 1. The van der Waals surface area contributed by atoms with Crippen LogP contribution in [0.5, 0.6) is 0 Å². The highest BCUT2D eigenvalue weighted by molar-refractivity contribution is 6.28. The summed E-state index contributed by atoms with van der Waals surface area (Å²) in [5.41, 5.74) is 5.15. The fraction of sp³-hybridized carbons (Fsp3) is 0.333. The normalized spacial score (nSPS) is 20.2. The first-order valence-corrected chi connectivity index (χ1v) is 5.04. The molecule has 16 heavy (non-hydrogen) atoms. The van der Waals surface area contributed by atoms with Gasteiger partial charge < -0.3 is 5.73 Å². The molecule has 1 aliphatic heterocycles. The van der Waals surface area contributed by atoms with Crippen LogP contribution >= 0.6 is 11.6 Å². The molecule has 2 heterocycles. The van der Waals surface area contributed by atoms with Gasteiger partial charge in [-0.05, 0) is 17.7 Å². The van der Waals surface area contributed by atoms with Crippen LogP contribution in [0.15, 0.2) is 12.3 Å². The summed E-state index contributed by atoms with van der Waals surface area (Å²) in [6.07, 6.45) is 1.58. The van der Waals surface area contributed by atoms with Crippen molar-refractivity contribution < 1.29 is 9.59 Å². The van der Waals surface area contributed by atoms with E-state index in [0.717, 1.165) is 0 Å². The third-order valence-electron chi connectivity index (χ3n) is 2.42. The quantitative estimate of drug-likeness (QED) is 0.735. The van der Waals surface area contributed by atoms with Crippen molar-refractivity contribution in [1.82, 2.24) is 9.97 Å². The third-order valence-corrected chi connectivity index (χ3v) is 2.60. The number of nitrogens with zero attached hydrogens (tertiary/aromatic N) is 3. The number of nitrogens with two attached hydrogens (primary N) is 1. The minimum atomic E-state index is -0.476. The first-order chi connectivity index (χ1) is 7.58. The number of hydrogen-bond acceptors (Lipinski definition) is 4. The van der Waals surface area contributed by atoms with Gasteiger partial charge in [0.05, 0.1) is 5.92 Å². The Hall–Kier alpha value is -1.69. The van der Waals surface area contributed by atoms with E-state index in [1.54, 1.807) is 6.07 Å². The Kier molecular flexibility index (Phi) is 2.74. The summed E-state index contributed by atoms with van der Waals surface area (Å²) < 4.78 is 0. The molecule has 1 saturated heterocycles. The van der Waals surface area contributed by atoms with Crippen molar-refractivity contribution in [2.75, 3.05) is 11.4 Å². The van der Waals surface area contributed by atoms with E-state index in [9.17, 15) is 9.59 Å². The second-order valence-electron chi connectivity index (χ2n) is 3.49. The van der Waals surface area contributed by atoms with Crippen LogP contribution in [-0.4, -0.2) is 28.3 Å². The zero-order valence-electron chi connectivity index (χ0n) is 8.26. The van der Waals surface area contributed by atoms with E-state index in [1.165, 1.54) is 11.1 Å². The zero-order chi connectivity index (χ0) is 11.7. The molecule has 2 N–H and O–H groups in total. The lowest BCUT2D eigenvalue weighted by molar-refractivity contribution is -0.123. The van der Waals surface area contributed by atoms with Gasteiger partial charge in [0.15, 0.2) is 0 Å². The molecule has 1 aliphatic rings. The molecule has 1 unspecified atom stereocenters. The van der Waals surface area contributed by atoms with Gasteiger partial charge in [0.25, 0.3) is 0 Å². The molecular weight excluding hydrogens is 232 g/mol. The lowest BCUT2D eigenvalue weighted by Gasteiger charge is -2.14. The summed E-state index contributed by atoms with van der Waals surface area (Å²) >= 11 is 5.62. The van der Waals surface area contributed by atoms with Crippen LogP contribution in [0.4, 0.5) is 5.82 Å². The van der Waals surface area contributed by atoms with Crippen LogP contribution in [0.1, 0.15) is 6.42 Å². The Labute approximate surface area is 96.4 Å². The Morgan fingerprint density at radius 3 is 2.94 bits per heavy atom. The topological polar surface area (TPSA) is 89.2 Å². The van der Waals surface area contributed by atoms with E-state index in [2.05, 4.69) is 9.97 Å². The molecule has 0 spiro atoms. The van der Waals surface area contributed by atoms with E-state index in [-0.39, 0.29) is 24.2 Å². The maximum Gasteiger partial charge on any atom is 0.229 e. The average Bonchev–Trinajstić information content (AvgIpc) is 2.60. The second-order valence-corrected chi connectivity index (χ2v) is 3.83. The van der Waals surface area contributed by atoms with Gasteiger partial charge in [0.2, 0.25) is 17.1 Å². The molecule has 1 aromatic heterocycles. The van der Waals surface area contributed by atoms with Gasteiger partial charge in [-0.2, -0.15) is 0 Å². The van der Waals surface area contributed by atoms with Crippen molar-refractivity contribution in [1.29, 1.82) is 0 Å². The van der Waals surface area contributed by atoms with Gasteiger partial charge in [0.1, 0.15) is 5.82 Å². The van der Waals surface area contributed by atoms with Crippen LogP contribution in [0.3, 0.4) is 0 Å². The molecule has 7 heteroatoms. The SMILES string of the molecule is NC(=O)C1CC(=O)N(c2ccnc(Cl)n2)C1. The van der Waals surface area contributed by atoms with E-state index in [4.69, 9.17) is 17.3 Å². The molecule has 0 aliphatic carbocycles. The number of rotatable bonds is 2. The van der Waals surface area contributed by atoms with Gasteiger partial charge in [-0.3, -0.25) is 14.5 Å². The number of hydrogen-bond donors (Lipinski definition) is 1. The molecule has 1 atom stereocenters. The number of carbonyl (C=O) groups excluding carboxylic acids is 2. The lowest BCUT2D eigenvalue weighted by atomic mass is 10.1. The van der Waals surface area contributed by atoms with Gasteiger partial charge in [-0.25, -0.2) is 9.97 Å². The fourth-order valence-electron chi connectivity index (χ4n) is 1.60. The highest BCUT2D eigenvalue weighted by Gasteiger charge is 2.34. The average molecular weight is 241 g/mol. The molecular formula is C9H9ClN4O2. The smallest absolute Gasteiger partial charge is 0.229 e. The Morgan fingerprint density at radius 1 is 1.62 bits per heavy atom. The lowest BCUT2D eigenvalue weighted by Crippen LogP contribution is -2.29. The molecule has 6 nitrogen and oxygen atoms in total. The van der Waals surface area contributed by atoms with Crippen molar-refractivity contribution in [3.8, 4) is 0 Å². The highest BCUT2D eigenvalue weighted by Crippen LogP contribution is 2.23. The first-order valence-electron chi connectivity index (χ1n) is 4.66. The van der Waals surface area contributed by atoms with E-state index in [1.807, 2.05) is 0 Å². The minimum Gasteiger partial charge on any atom is -0.369 e. The molecule has 1 fully saturated rings. The van der Waals surface area contributed by atoms with Gasteiger partial charge in [0, 0.05) is 19.2 Å². The van der Waals surface area contributed by atoms with Crippen LogP contribution in [0.25, 0.3) is 0 Å². The Balaban J connectivity index is 2.23. The van der Waals surface area contributed by atoms with Crippen molar-refractivity contribution >= 4 is 29.2 Å². The van der Waals surface area contributed by atoms with Crippen LogP contribution in [0.2, 0.25) is 5.28 Å². The molecule has 0 aromatic carbocycles. The summed E-state index contributed by atoms with van der Waals surface area (Å²) in [6, 6.07) is 1.56. The number of carbonyl (C=O) groups is 2. The molecule has 0 radical (unpaired) electrons. The number of aromatic nitrogens is 2. The summed E-state index contributed by atoms with van der Waals surface area (Å²) in [5, 5.41) is 0.0628. The first kappa shape index (κ1) is 10.8. The largest absolute Gasteiger partial charge is 0.369 e. The Bertz CT molecular complexity index is 451. The van der Waals surface area contributed by atoms with Crippen molar-refractivity contribution in [2.45, 2.75) is 6.42 Å². The fourth-order valence-corrected chi connectivity index (χ4v) is 1.74. The number of anilines is 1. The molecule has 2 amide bonds. The second kappa shape index (κ2) is 4.05. The van der Waals surface area contributed by atoms with Gasteiger partial charge in [-0.1, -0.05) is 0 Å². The summed E-state index contributed by atoms with van der Waals surface area (Å²) in [6.45, 7) is 0.251. The van der Waals surface area contributed by atoms with Crippen molar-refractivity contribution in [3.05, 3.63) is 17.5 Å². The van der Waals surface area contributed by atoms with Crippen molar-refractivity contribution in [2.24, 2.45) is 11.7 Å². The third kappa shape index (κ3) is 1.96. The van der Waals surface area contributed by atoms with Crippen molar-refractivity contribution in [3.63, 3.8) is 0 Å². The summed E-state index contributed by atoms with van der Waals surface area (Å²) in [7, 11) is 0. The van der Waals surface area contributed by atoms with Gasteiger partial charge >= 0.3 is 0 Å². The monoisotopic (exact) mass is 240 g/mol. The summed E-state index contributed by atoms with van der Waals surface area (Å²) in [4.78, 5) is 31.6. The molecule has 1 aromatic rings. The Morgan fingerprint density at radius 2 is 2.38 bits per heavy atom. The predicted octanol–water partition coefficient (Wildman–Crippen LogP) is -0.0318. The maximum absolute atomic E-state index is 11.6. The zero-order valence-corrected chi connectivity index (χ0v) is 9.02. The standard InChI is InChI=1S/C9H9ClN4O2/c10-9-12-2-1-6(13-9)14-4-5(8(11)16)3-7(14)15/h1-2,5H,3-4H2,(H2,11,16). The van der Waals surface area contributed by atoms with Crippen LogP contribution < -0.4 is 10.6 Å². The molecule has 2 rings (SSSR count). The highest BCUT2D eigenvalue weighted by atomic mass is 35.5. The van der Waals surface area contributed by atoms with Crippen LogP contribution in [-0.2, 0) is 9.59 Å². The molecule has 0 bridgehead atoms. The van der Waals surface area contributed by atoms with E-state index < -0.39 is 11.8 Å². The summed E-state index contributed by atoms with van der Waals surface area (Å²) in [5.74, 6) is -0.718. The maximum atomic E-state index is 11.6. The number of amides is 2. The van der Waals surface area contributed by atoms with Crippen LogP contribution in [0, 0.1) is 5.92 Å². The predicted molar refractivity (Wildman–Crippen MR) is 56.7 cm³/mol. The van der Waals surface area contributed by atoms with E-state index in [0.29, 0.717) is 5.82 Å². The molecule has 0 saturated carbocycles.